The van der Waals surface area contributed by atoms with E-state index in [0.29, 0.717) is 28.2 Å². The van der Waals surface area contributed by atoms with Gasteiger partial charge in [-0.15, -0.1) is 0 Å². The maximum absolute atomic E-state index is 12.9. The van der Waals surface area contributed by atoms with Gasteiger partial charge in [0.15, 0.2) is 5.43 Å². The van der Waals surface area contributed by atoms with Crippen molar-refractivity contribution in [1.29, 1.82) is 0 Å². The van der Waals surface area contributed by atoms with Crippen molar-refractivity contribution in [3.05, 3.63) is 58.8 Å². The van der Waals surface area contributed by atoms with Gasteiger partial charge in [-0.05, 0) is 39.3 Å². The predicted octanol–water partition coefficient (Wildman–Crippen LogP) is 5.89. The van der Waals surface area contributed by atoms with Crippen LogP contribution in [0.3, 0.4) is 0 Å². The van der Waals surface area contributed by atoms with Gasteiger partial charge in [0.2, 0.25) is 16.6 Å². The van der Waals surface area contributed by atoms with Gasteiger partial charge >= 0.3 is 0 Å². The highest BCUT2D eigenvalue weighted by Gasteiger charge is 2.23. The molecule has 0 fully saturated rings. The summed E-state index contributed by atoms with van der Waals surface area (Å²) in [5, 5.41) is 0.472. The third kappa shape index (κ3) is 4.90. The Morgan fingerprint density at radius 2 is 1.44 bits per heavy atom. The van der Waals surface area contributed by atoms with Crippen LogP contribution in [0.4, 0.5) is 0 Å². The largest absolute Gasteiger partial charge is 0.544 e. The fourth-order valence-corrected chi connectivity index (χ4v) is 4.44. The first-order chi connectivity index (χ1) is 12.5. The van der Waals surface area contributed by atoms with Gasteiger partial charge in [-0.1, -0.05) is 30.3 Å². The molecule has 0 aliphatic rings. The monoisotopic (exact) mass is 398 g/mol. The maximum Gasteiger partial charge on any atom is 0.242 e. The van der Waals surface area contributed by atoms with E-state index in [2.05, 4.69) is 39.3 Å². The molecule has 1 heterocycles. The van der Waals surface area contributed by atoms with Crippen molar-refractivity contribution in [2.75, 3.05) is 0 Å². The molecule has 3 rings (SSSR count). The van der Waals surface area contributed by atoms with Gasteiger partial charge in [-0.25, -0.2) is 0 Å². The van der Waals surface area contributed by atoms with Gasteiger partial charge in [0.25, 0.3) is 0 Å². The van der Waals surface area contributed by atoms with E-state index in [1.54, 1.807) is 6.07 Å². The second-order valence-corrected chi connectivity index (χ2v) is 17.4. The molecule has 0 radical (unpaired) electrons. The highest BCUT2D eigenvalue weighted by atomic mass is 28.4. The van der Waals surface area contributed by atoms with E-state index < -0.39 is 16.6 Å². The van der Waals surface area contributed by atoms with Gasteiger partial charge in [-0.2, -0.15) is 0 Å². The minimum atomic E-state index is -1.92. The second kappa shape index (κ2) is 7.01. The van der Waals surface area contributed by atoms with Gasteiger partial charge in [-0.3, -0.25) is 4.79 Å². The summed E-state index contributed by atoms with van der Waals surface area (Å²) in [6.07, 6.45) is 0. The Morgan fingerprint density at radius 3 is 2.04 bits per heavy atom. The van der Waals surface area contributed by atoms with Crippen molar-refractivity contribution in [3.8, 4) is 22.8 Å². The molecule has 0 N–H and O–H groups in total. The molecule has 4 nitrogen and oxygen atoms in total. The molecule has 0 aliphatic heterocycles. The zero-order chi connectivity index (χ0) is 19.8. The Bertz CT molecular complexity index is 1010. The zero-order valence-corrected chi connectivity index (χ0v) is 18.8. The summed E-state index contributed by atoms with van der Waals surface area (Å²) in [5.41, 5.74) is 1.24. The molecule has 142 valence electrons. The summed E-state index contributed by atoms with van der Waals surface area (Å²) in [4.78, 5) is 12.9. The number of hydrogen-bond donors (Lipinski definition) is 0. The molecule has 0 unspecified atom stereocenters. The van der Waals surface area contributed by atoms with E-state index in [4.69, 9.17) is 13.3 Å². The molecule has 0 aliphatic carbocycles. The number of fused-ring (bicyclic) bond motifs is 1. The van der Waals surface area contributed by atoms with Crippen LogP contribution in [0, 0.1) is 0 Å². The third-order valence-corrected chi connectivity index (χ3v) is 5.35. The molecule has 3 aromatic rings. The Kier molecular flexibility index (Phi) is 5.05. The second-order valence-electron chi connectivity index (χ2n) is 8.56. The quantitative estimate of drug-likeness (QED) is 0.503. The van der Waals surface area contributed by atoms with Crippen LogP contribution < -0.4 is 14.3 Å². The summed E-state index contributed by atoms with van der Waals surface area (Å²) in [6.45, 7) is 12.6. The number of rotatable bonds is 5. The Labute approximate surface area is 162 Å². The zero-order valence-electron chi connectivity index (χ0n) is 16.8. The lowest BCUT2D eigenvalue weighted by Crippen LogP contribution is -2.31. The summed E-state index contributed by atoms with van der Waals surface area (Å²) in [5.74, 6) is 1.77. The van der Waals surface area contributed by atoms with Crippen molar-refractivity contribution in [2.24, 2.45) is 0 Å². The first kappa shape index (κ1) is 19.4. The normalized spacial score (nSPS) is 12.2. The van der Waals surface area contributed by atoms with Crippen LogP contribution in [0.5, 0.6) is 11.5 Å². The van der Waals surface area contributed by atoms with E-state index in [1.165, 1.54) is 6.07 Å². The van der Waals surface area contributed by atoms with E-state index in [1.807, 2.05) is 36.4 Å². The lowest BCUT2D eigenvalue weighted by molar-refractivity contribution is 0.532. The average Bonchev–Trinajstić information content (AvgIpc) is 2.51. The van der Waals surface area contributed by atoms with Crippen molar-refractivity contribution in [2.45, 2.75) is 39.3 Å². The molecule has 0 spiro atoms. The fraction of sp³-hybridized carbons (Fsp3) is 0.286. The lowest BCUT2D eigenvalue weighted by atomic mass is 10.1. The molecule has 6 heteroatoms. The van der Waals surface area contributed by atoms with Crippen LogP contribution in [-0.2, 0) is 0 Å². The van der Waals surface area contributed by atoms with Crippen LogP contribution >= 0.6 is 0 Å². The third-order valence-electron chi connectivity index (χ3n) is 3.67. The Balaban J connectivity index is 2.24. The standard InChI is InChI=1S/C21H26O4Si2/c1-26(2,3)24-16-12-19-21(20(13-16)25-27(4,5)6)17(22)14-18(23-19)15-10-8-7-9-11-15/h7-14H,1-6H3. The summed E-state index contributed by atoms with van der Waals surface area (Å²) < 4.78 is 18.5. The van der Waals surface area contributed by atoms with Crippen molar-refractivity contribution in [1.82, 2.24) is 0 Å². The topological polar surface area (TPSA) is 48.7 Å². The highest BCUT2D eigenvalue weighted by molar-refractivity contribution is 6.71. The predicted molar refractivity (Wildman–Crippen MR) is 116 cm³/mol. The highest BCUT2D eigenvalue weighted by Crippen LogP contribution is 2.34. The molecule has 0 saturated carbocycles. The molecule has 0 bridgehead atoms. The van der Waals surface area contributed by atoms with Crippen molar-refractivity contribution >= 4 is 27.6 Å². The van der Waals surface area contributed by atoms with Crippen LogP contribution in [0.15, 0.2) is 57.7 Å². The van der Waals surface area contributed by atoms with Crippen LogP contribution in [0.1, 0.15) is 0 Å². The molecule has 0 amide bonds. The van der Waals surface area contributed by atoms with Gasteiger partial charge < -0.3 is 13.3 Å². The van der Waals surface area contributed by atoms with E-state index in [0.717, 1.165) is 5.56 Å². The lowest BCUT2D eigenvalue weighted by Gasteiger charge is -2.23. The van der Waals surface area contributed by atoms with Gasteiger partial charge in [0.05, 0.1) is 0 Å². The average molecular weight is 399 g/mol. The SMILES string of the molecule is C[Si](C)(C)Oc1cc(O[Si](C)(C)C)c2c(=O)cc(-c3ccccc3)oc2c1. The van der Waals surface area contributed by atoms with Crippen LogP contribution in [-0.4, -0.2) is 16.6 Å². The molecule has 27 heavy (non-hydrogen) atoms. The van der Waals surface area contributed by atoms with E-state index >= 15 is 0 Å². The molecular formula is C21H26O4Si2. The summed E-state index contributed by atoms with van der Waals surface area (Å²) in [6, 6.07) is 14.8. The van der Waals surface area contributed by atoms with Gasteiger partial charge in [0, 0.05) is 23.8 Å². The molecule has 1 aromatic heterocycles. The maximum atomic E-state index is 12.9. The summed E-state index contributed by atoms with van der Waals surface area (Å²) >= 11 is 0. The minimum Gasteiger partial charge on any atom is -0.544 e. The number of benzene rings is 2. The van der Waals surface area contributed by atoms with Gasteiger partial charge in [0.1, 0.15) is 28.2 Å². The number of hydrogen-bond acceptors (Lipinski definition) is 4. The van der Waals surface area contributed by atoms with Crippen LogP contribution in [0.25, 0.3) is 22.3 Å². The molecule has 2 aromatic carbocycles. The van der Waals surface area contributed by atoms with E-state index in [-0.39, 0.29) is 5.43 Å². The van der Waals surface area contributed by atoms with Crippen LogP contribution in [0.2, 0.25) is 39.3 Å². The Hall–Kier alpha value is -2.32. The van der Waals surface area contributed by atoms with E-state index in [9.17, 15) is 4.79 Å². The molecular weight excluding hydrogens is 372 g/mol. The molecule has 0 saturated heterocycles. The minimum absolute atomic E-state index is 0.108. The van der Waals surface area contributed by atoms with Crippen molar-refractivity contribution in [3.63, 3.8) is 0 Å². The Morgan fingerprint density at radius 1 is 0.815 bits per heavy atom. The fourth-order valence-electron chi connectivity index (χ4n) is 2.80. The first-order valence-corrected chi connectivity index (χ1v) is 15.9. The first-order valence-electron chi connectivity index (χ1n) is 9.07. The molecule has 0 atom stereocenters. The smallest absolute Gasteiger partial charge is 0.242 e. The summed E-state index contributed by atoms with van der Waals surface area (Å²) in [7, 11) is -3.74. The van der Waals surface area contributed by atoms with Crippen molar-refractivity contribution < 1.29 is 13.3 Å².